The van der Waals surface area contributed by atoms with Crippen LogP contribution < -0.4 is 0 Å². The zero-order valence-electron chi connectivity index (χ0n) is 11.9. The molecule has 0 amide bonds. The van der Waals surface area contributed by atoms with Crippen molar-refractivity contribution in [1.29, 1.82) is 0 Å². The van der Waals surface area contributed by atoms with Crippen molar-refractivity contribution >= 4 is 12.2 Å². The minimum atomic E-state index is 0.643. The Kier molecular flexibility index (Phi) is 20.3. The van der Waals surface area contributed by atoms with Crippen molar-refractivity contribution in [3.63, 3.8) is 0 Å². The number of oxazole rings is 1. The minimum Gasteiger partial charge on any atom is -0.441 e. The summed E-state index contributed by atoms with van der Waals surface area (Å²) in [6.07, 6.45) is 3.27. The molecule has 16 heavy (non-hydrogen) atoms. The van der Waals surface area contributed by atoms with Crippen LogP contribution in [0, 0.1) is 6.92 Å². The molecule has 0 spiro atoms. The highest BCUT2D eigenvalue weighted by atomic mass is 16.4. The number of nitrogens with zero attached hydrogens (tertiary/aromatic N) is 1. The van der Waals surface area contributed by atoms with Gasteiger partial charge in [0.05, 0.1) is 0 Å². The molecule has 2 nitrogen and oxygen atoms in total. The second kappa shape index (κ2) is 16.1. The van der Waals surface area contributed by atoms with Gasteiger partial charge in [-0.05, 0) is 12.2 Å². The van der Waals surface area contributed by atoms with Crippen LogP contribution in [0.25, 0.3) is 12.2 Å². The number of aryl methyl sites for hydroxylation is 1. The van der Waals surface area contributed by atoms with E-state index < -0.39 is 0 Å². The van der Waals surface area contributed by atoms with E-state index >= 15 is 0 Å². The van der Waals surface area contributed by atoms with Gasteiger partial charge in [0, 0.05) is 6.92 Å². The summed E-state index contributed by atoms with van der Waals surface area (Å²) in [6, 6.07) is 0. The first-order valence-corrected chi connectivity index (χ1v) is 6.00. The predicted molar refractivity (Wildman–Crippen MR) is 75.5 cm³/mol. The second-order valence-corrected chi connectivity index (χ2v) is 1.89. The molecule has 0 aliphatic carbocycles. The van der Waals surface area contributed by atoms with Crippen molar-refractivity contribution in [3.05, 3.63) is 30.5 Å². The first-order chi connectivity index (χ1) is 7.77. The predicted octanol–water partition coefficient (Wildman–Crippen LogP) is 5.35. The zero-order valence-corrected chi connectivity index (χ0v) is 11.9. The molecule has 1 rings (SSSR count). The Morgan fingerprint density at radius 3 is 1.62 bits per heavy atom. The maximum Gasteiger partial charge on any atom is 0.192 e. The Labute approximate surface area is 101 Å². The third kappa shape index (κ3) is 8.04. The van der Waals surface area contributed by atoms with E-state index in [9.17, 15) is 0 Å². The molecule has 0 N–H and O–H groups in total. The molecule has 0 aliphatic heterocycles. The summed E-state index contributed by atoms with van der Waals surface area (Å²) in [7, 11) is 0. The maximum absolute atomic E-state index is 5.15. The fraction of sp³-hybridized carbons (Fsp3) is 0.500. The average molecular weight is 225 g/mol. The maximum atomic E-state index is 5.15. The van der Waals surface area contributed by atoms with E-state index in [-0.39, 0.29) is 0 Å². The van der Waals surface area contributed by atoms with Gasteiger partial charge in [-0.1, -0.05) is 54.7 Å². The molecule has 0 radical (unpaired) electrons. The van der Waals surface area contributed by atoms with Gasteiger partial charge in [-0.3, -0.25) is 0 Å². The summed E-state index contributed by atoms with van der Waals surface area (Å²) < 4.78 is 5.15. The highest BCUT2D eigenvalue weighted by Crippen LogP contribution is 2.11. The van der Waals surface area contributed by atoms with E-state index in [0.717, 1.165) is 5.69 Å². The first-order valence-electron chi connectivity index (χ1n) is 6.00. The van der Waals surface area contributed by atoms with Crippen LogP contribution in [0.2, 0.25) is 0 Å². The van der Waals surface area contributed by atoms with Crippen molar-refractivity contribution < 1.29 is 4.42 Å². The van der Waals surface area contributed by atoms with Gasteiger partial charge in [0.25, 0.3) is 0 Å². The summed E-state index contributed by atoms with van der Waals surface area (Å²) in [6.45, 7) is 20.9. The molecule has 2 heteroatoms. The monoisotopic (exact) mass is 225 g/mol. The third-order valence-electron chi connectivity index (χ3n) is 1.17. The Balaban J connectivity index is -0.000000245. The molecule has 0 unspecified atom stereocenters. The summed E-state index contributed by atoms with van der Waals surface area (Å²) in [5, 5.41) is 0. The van der Waals surface area contributed by atoms with Crippen LogP contribution in [-0.2, 0) is 0 Å². The quantitative estimate of drug-likeness (QED) is 0.678. The topological polar surface area (TPSA) is 26.0 Å². The molecule has 0 atom stereocenters. The van der Waals surface area contributed by atoms with Gasteiger partial charge in [0.2, 0.25) is 0 Å². The van der Waals surface area contributed by atoms with Gasteiger partial charge < -0.3 is 4.42 Å². The summed E-state index contributed by atoms with van der Waals surface area (Å²) in [5.41, 5.74) is 0.757. The van der Waals surface area contributed by atoms with E-state index in [1.54, 1.807) is 19.1 Å². The van der Waals surface area contributed by atoms with Gasteiger partial charge in [-0.2, -0.15) is 0 Å². The van der Waals surface area contributed by atoms with E-state index in [1.165, 1.54) is 0 Å². The molecule has 0 saturated heterocycles. The van der Waals surface area contributed by atoms with Crippen molar-refractivity contribution in [2.75, 3.05) is 0 Å². The number of aromatic nitrogens is 1. The molecular formula is C14H27NO. The smallest absolute Gasteiger partial charge is 0.192 e. The molecule has 1 aromatic heterocycles. The zero-order chi connectivity index (χ0) is 13.6. The van der Waals surface area contributed by atoms with Crippen molar-refractivity contribution in [2.45, 2.75) is 48.5 Å². The first kappa shape index (κ1) is 20.1. The molecule has 0 aromatic carbocycles. The molecule has 1 heterocycles. The Morgan fingerprint density at radius 2 is 1.38 bits per heavy atom. The van der Waals surface area contributed by atoms with Crippen molar-refractivity contribution in [1.82, 2.24) is 4.98 Å². The van der Waals surface area contributed by atoms with Crippen LogP contribution in [0.4, 0.5) is 0 Å². The third-order valence-corrected chi connectivity index (χ3v) is 1.17. The largest absolute Gasteiger partial charge is 0.441 e. The molecule has 0 fully saturated rings. The van der Waals surface area contributed by atoms with Gasteiger partial charge in [-0.25, -0.2) is 4.98 Å². The summed E-state index contributed by atoms with van der Waals surface area (Å²) in [4.78, 5) is 4.04. The van der Waals surface area contributed by atoms with Gasteiger partial charge in [0.1, 0.15) is 5.69 Å². The molecular weight excluding hydrogens is 198 g/mol. The lowest BCUT2D eigenvalue weighted by Crippen LogP contribution is -1.72. The Morgan fingerprint density at radius 1 is 0.938 bits per heavy atom. The molecule has 1 aromatic rings. The Bertz CT molecular complexity index is 236. The van der Waals surface area contributed by atoms with Gasteiger partial charge in [-0.15, -0.1) is 0 Å². The lowest BCUT2D eigenvalue weighted by atomic mass is 10.3. The summed E-state index contributed by atoms with van der Waals surface area (Å²) >= 11 is 0. The van der Waals surface area contributed by atoms with E-state index in [1.807, 2.05) is 41.5 Å². The summed E-state index contributed by atoms with van der Waals surface area (Å²) in [5.74, 6) is 1.33. The van der Waals surface area contributed by atoms with Crippen LogP contribution in [0.15, 0.2) is 17.6 Å². The van der Waals surface area contributed by atoms with Gasteiger partial charge in [0.15, 0.2) is 11.7 Å². The molecule has 0 saturated carbocycles. The van der Waals surface area contributed by atoms with E-state index in [2.05, 4.69) is 18.1 Å². The highest BCUT2D eigenvalue weighted by Gasteiger charge is 2.01. The van der Waals surface area contributed by atoms with Gasteiger partial charge >= 0.3 is 0 Å². The van der Waals surface area contributed by atoms with Crippen LogP contribution >= 0.6 is 0 Å². The van der Waals surface area contributed by atoms with Crippen LogP contribution in [0.5, 0.6) is 0 Å². The van der Waals surface area contributed by atoms with Crippen LogP contribution in [0.1, 0.15) is 58.9 Å². The number of hydrogen-bond acceptors (Lipinski definition) is 2. The second-order valence-electron chi connectivity index (χ2n) is 1.89. The number of rotatable bonds is 2. The fourth-order valence-electron chi connectivity index (χ4n) is 0.751. The fourth-order valence-corrected chi connectivity index (χ4v) is 0.751. The Hall–Kier alpha value is -1.31. The van der Waals surface area contributed by atoms with Crippen molar-refractivity contribution in [2.24, 2.45) is 0 Å². The standard InChI is InChI=1S/C8H9NO.3C2H6/c1-4-7-8(5-2)10-6(3)9-7;3*1-2/h4-5H,1-2H2,3H3;3*1-2H3. The molecule has 0 bridgehead atoms. The van der Waals surface area contributed by atoms with Crippen molar-refractivity contribution in [3.8, 4) is 0 Å². The van der Waals surface area contributed by atoms with E-state index in [4.69, 9.17) is 4.42 Å². The highest BCUT2D eigenvalue weighted by molar-refractivity contribution is 5.55. The number of hydrogen-bond donors (Lipinski definition) is 0. The SMILES string of the molecule is C=Cc1nc(C)oc1C=C.CC.CC.CC. The lowest BCUT2D eigenvalue weighted by Gasteiger charge is -1.81. The average Bonchev–Trinajstić information content (AvgIpc) is 2.77. The molecule has 94 valence electrons. The molecule has 0 aliphatic rings. The van der Waals surface area contributed by atoms with Crippen LogP contribution in [-0.4, -0.2) is 4.98 Å². The normalized spacial score (nSPS) is 6.94. The van der Waals surface area contributed by atoms with E-state index in [0.29, 0.717) is 11.7 Å². The lowest BCUT2D eigenvalue weighted by molar-refractivity contribution is 0.513. The van der Waals surface area contributed by atoms with Crippen LogP contribution in [0.3, 0.4) is 0 Å². The minimum absolute atomic E-state index is 0.643.